The highest BCUT2D eigenvalue weighted by Crippen LogP contribution is 2.30. The number of piperidine rings is 1. The third-order valence-corrected chi connectivity index (χ3v) is 6.59. The first-order valence-corrected chi connectivity index (χ1v) is 8.39. The van der Waals surface area contributed by atoms with Crippen molar-refractivity contribution in [3.8, 4) is 0 Å². The molecule has 1 saturated heterocycles. The molecule has 2 heterocycles. The number of sulfonamides is 1. The van der Waals surface area contributed by atoms with Gasteiger partial charge in [-0.2, -0.15) is 4.31 Å². The number of rotatable bonds is 3. The molecule has 0 aromatic carbocycles. The largest absolute Gasteiger partial charge is 0.391 e. The summed E-state index contributed by atoms with van der Waals surface area (Å²) in [7, 11) is -3.38. The van der Waals surface area contributed by atoms with E-state index in [1.54, 1.807) is 16.4 Å². The summed E-state index contributed by atoms with van der Waals surface area (Å²) in [5, 5.41) is 9.01. The summed E-state index contributed by atoms with van der Waals surface area (Å²) in [6.07, 6.45) is 1.08. The molecular weight excluding hydrogens is 270 g/mol. The van der Waals surface area contributed by atoms with Crippen LogP contribution in [0.2, 0.25) is 0 Å². The third-order valence-electron chi connectivity index (χ3n) is 3.22. The first-order chi connectivity index (χ1) is 8.43. The molecule has 1 aliphatic heterocycles. The second kappa shape index (κ2) is 5.28. The molecule has 18 heavy (non-hydrogen) atoms. The van der Waals surface area contributed by atoms with Crippen molar-refractivity contribution in [2.24, 2.45) is 11.8 Å². The van der Waals surface area contributed by atoms with Gasteiger partial charge in [0.25, 0.3) is 10.0 Å². The maximum absolute atomic E-state index is 12.5. The molecule has 0 saturated carbocycles. The van der Waals surface area contributed by atoms with Gasteiger partial charge < -0.3 is 5.11 Å². The maximum Gasteiger partial charge on any atom is 0.252 e. The van der Waals surface area contributed by atoms with E-state index in [1.807, 2.05) is 0 Å². The summed E-state index contributed by atoms with van der Waals surface area (Å²) < 4.78 is 26.8. The number of hydrogen-bond donors (Lipinski definition) is 1. The lowest BCUT2D eigenvalue weighted by molar-refractivity contribution is 0.223. The first kappa shape index (κ1) is 14.0. The summed E-state index contributed by atoms with van der Waals surface area (Å²) >= 11 is 1.16. The molecule has 1 fully saturated rings. The normalized spacial score (nSPS) is 26.4. The van der Waals surface area contributed by atoms with Crippen LogP contribution < -0.4 is 0 Å². The molecule has 0 aliphatic carbocycles. The molecule has 6 heteroatoms. The van der Waals surface area contributed by atoms with E-state index in [9.17, 15) is 8.42 Å². The molecule has 1 aliphatic rings. The molecule has 0 spiro atoms. The van der Waals surface area contributed by atoms with E-state index in [2.05, 4.69) is 13.8 Å². The SMILES string of the molecule is CC1CC(C)CN(S(=O)(=O)c2ccc(CO)s2)C1. The van der Waals surface area contributed by atoms with Gasteiger partial charge in [-0.25, -0.2) is 8.42 Å². The van der Waals surface area contributed by atoms with E-state index < -0.39 is 10.0 Å². The lowest BCUT2D eigenvalue weighted by Gasteiger charge is -2.33. The Morgan fingerprint density at radius 3 is 2.44 bits per heavy atom. The average molecular weight is 289 g/mol. The smallest absolute Gasteiger partial charge is 0.252 e. The summed E-state index contributed by atoms with van der Waals surface area (Å²) in [5.41, 5.74) is 0. The van der Waals surface area contributed by atoms with Crippen LogP contribution in [0.1, 0.15) is 25.1 Å². The van der Waals surface area contributed by atoms with Gasteiger partial charge in [0.15, 0.2) is 0 Å². The van der Waals surface area contributed by atoms with Crippen LogP contribution in [0.5, 0.6) is 0 Å². The molecule has 1 aromatic rings. The summed E-state index contributed by atoms with van der Waals surface area (Å²) in [6.45, 7) is 5.27. The van der Waals surface area contributed by atoms with E-state index in [0.29, 0.717) is 34.0 Å². The Labute approximate surface area is 112 Å². The van der Waals surface area contributed by atoms with Crippen LogP contribution in [-0.2, 0) is 16.6 Å². The Balaban J connectivity index is 2.25. The van der Waals surface area contributed by atoms with Crippen molar-refractivity contribution in [1.29, 1.82) is 0 Å². The number of nitrogens with zero attached hydrogens (tertiary/aromatic N) is 1. The minimum absolute atomic E-state index is 0.104. The summed E-state index contributed by atoms with van der Waals surface area (Å²) in [4.78, 5) is 0.687. The summed E-state index contributed by atoms with van der Waals surface area (Å²) in [6, 6.07) is 3.27. The van der Waals surface area contributed by atoms with Crippen molar-refractivity contribution in [2.75, 3.05) is 13.1 Å². The highest BCUT2D eigenvalue weighted by molar-refractivity contribution is 7.91. The van der Waals surface area contributed by atoms with E-state index in [-0.39, 0.29) is 6.61 Å². The summed E-state index contributed by atoms with van der Waals surface area (Å²) in [5.74, 6) is 0.807. The zero-order chi connectivity index (χ0) is 13.3. The molecule has 1 aromatic heterocycles. The molecule has 2 atom stereocenters. The predicted molar refractivity (Wildman–Crippen MR) is 71.9 cm³/mol. The number of aliphatic hydroxyl groups excluding tert-OH is 1. The highest BCUT2D eigenvalue weighted by atomic mass is 32.2. The Bertz CT molecular complexity index is 499. The standard InChI is InChI=1S/C12H19NO3S2/c1-9-5-10(2)7-13(6-9)18(15,16)12-4-3-11(8-14)17-12/h3-4,9-10,14H,5-8H2,1-2H3. The van der Waals surface area contributed by atoms with Gasteiger partial charge in [-0.15, -0.1) is 11.3 Å². The van der Waals surface area contributed by atoms with E-state index in [4.69, 9.17) is 5.11 Å². The van der Waals surface area contributed by atoms with E-state index in [0.717, 1.165) is 17.8 Å². The topological polar surface area (TPSA) is 57.6 Å². The predicted octanol–water partition coefficient (Wildman–Crippen LogP) is 1.91. The lowest BCUT2D eigenvalue weighted by Crippen LogP contribution is -2.42. The fourth-order valence-corrected chi connectivity index (χ4v) is 5.56. The molecule has 102 valence electrons. The van der Waals surface area contributed by atoms with Crippen molar-refractivity contribution in [3.05, 3.63) is 17.0 Å². The monoisotopic (exact) mass is 289 g/mol. The first-order valence-electron chi connectivity index (χ1n) is 6.13. The van der Waals surface area contributed by atoms with Crippen LogP contribution in [0.3, 0.4) is 0 Å². The molecular formula is C12H19NO3S2. The Hall–Kier alpha value is -0.430. The van der Waals surface area contributed by atoms with Crippen LogP contribution in [0.4, 0.5) is 0 Å². The number of aliphatic hydroxyl groups is 1. The van der Waals surface area contributed by atoms with Crippen LogP contribution in [0.15, 0.2) is 16.3 Å². The van der Waals surface area contributed by atoms with Gasteiger partial charge in [0.1, 0.15) is 4.21 Å². The minimum Gasteiger partial charge on any atom is -0.391 e. The molecule has 1 N–H and O–H groups in total. The molecule has 2 rings (SSSR count). The average Bonchev–Trinajstić information content (AvgIpc) is 2.76. The van der Waals surface area contributed by atoms with Crippen LogP contribution in [-0.4, -0.2) is 30.9 Å². The molecule has 0 bridgehead atoms. The minimum atomic E-state index is -3.38. The maximum atomic E-state index is 12.5. The van der Waals surface area contributed by atoms with Crippen molar-refractivity contribution >= 4 is 21.4 Å². The van der Waals surface area contributed by atoms with Crippen molar-refractivity contribution in [1.82, 2.24) is 4.31 Å². The van der Waals surface area contributed by atoms with Crippen LogP contribution >= 0.6 is 11.3 Å². The Morgan fingerprint density at radius 2 is 1.94 bits per heavy atom. The van der Waals surface area contributed by atoms with Gasteiger partial charge in [-0.1, -0.05) is 13.8 Å². The van der Waals surface area contributed by atoms with Gasteiger partial charge >= 0.3 is 0 Å². The number of thiophene rings is 1. The highest BCUT2D eigenvalue weighted by Gasteiger charge is 2.32. The Kier molecular flexibility index (Phi) is 4.11. The van der Waals surface area contributed by atoms with Crippen LogP contribution in [0.25, 0.3) is 0 Å². The molecule has 0 radical (unpaired) electrons. The van der Waals surface area contributed by atoms with Crippen molar-refractivity contribution in [3.63, 3.8) is 0 Å². The van der Waals surface area contributed by atoms with Crippen LogP contribution in [0, 0.1) is 11.8 Å². The zero-order valence-electron chi connectivity index (χ0n) is 10.7. The van der Waals surface area contributed by atoms with Crippen molar-refractivity contribution in [2.45, 2.75) is 31.1 Å². The second-order valence-electron chi connectivity index (χ2n) is 5.15. The van der Waals surface area contributed by atoms with Gasteiger partial charge in [0.05, 0.1) is 6.61 Å². The zero-order valence-corrected chi connectivity index (χ0v) is 12.3. The molecule has 4 nitrogen and oxygen atoms in total. The lowest BCUT2D eigenvalue weighted by atomic mass is 9.94. The molecule has 2 unspecified atom stereocenters. The van der Waals surface area contributed by atoms with E-state index in [1.165, 1.54) is 0 Å². The van der Waals surface area contributed by atoms with Gasteiger partial charge in [0.2, 0.25) is 0 Å². The van der Waals surface area contributed by atoms with Gasteiger partial charge in [0, 0.05) is 18.0 Å². The van der Waals surface area contributed by atoms with Gasteiger partial charge in [-0.3, -0.25) is 0 Å². The van der Waals surface area contributed by atoms with E-state index >= 15 is 0 Å². The number of hydrogen-bond acceptors (Lipinski definition) is 4. The van der Waals surface area contributed by atoms with Gasteiger partial charge in [-0.05, 0) is 30.4 Å². The fraction of sp³-hybridized carbons (Fsp3) is 0.667. The second-order valence-corrected chi connectivity index (χ2v) is 8.48. The quantitative estimate of drug-likeness (QED) is 0.924. The molecule has 0 amide bonds. The fourth-order valence-electron chi connectivity index (χ4n) is 2.51. The van der Waals surface area contributed by atoms with Crippen molar-refractivity contribution < 1.29 is 13.5 Å². The Morgan fingerprint density at radius 1 is 1.33 bits per heavy atom. The third kappa shape index (κ3) is 2.77.